The van der Waals surface area contributed by atoms with E-state index in [0.29, 0.717) is 11.7 Å². The largest absolute Gasteiger partial charge is 0.494 e. The van der Waals surface area contributed by atoms with Crippen LogP contribution in [0.1, 0.15) is 6.92 Å². The third-order valence-electron chi connectivity index (χ3n) is 3.12. The molecular weight excluding hydrogens is 280 g/mol. The summed E-state index contributed by atoms with van der Waals surface area (Å²) in [6.45, 7) is 2.64. The molecule has 21 heavy (non-hydrogen) atoms. The molecule has 0 aliphatic rings. The second-order valence-corrected chi connectivity index (χ2v) is 5.58. The van der Waals surface area contributed by atoms with E-state index in [1.165, 1.54) is 11.3 Å². The molecule has 1 heterocycles. The van der Waals surface area contributed by atoms with Crippen molar-refractivity contribution in [2.75, 3.05) is 12.3 Å². The van der Waals surface area contributed by atoms with Crippen LogP contribution in [-0.4, -0.2) is 11.6 Å². The molecule has 0 aliphatic carbocycles. The van der Waals surface area contributed by atoms with Crippen LogP contribution in [0.25, 0.3) is 21.7 Å². The first-order valence-corrected chi connectivity index (χ1v) is 7.64. The lowest BCUT2D eigenvalue weighted by molar-refractivity contribution is 0.340. The van der Waals surface area contributed by atoms with E-state index in [-0.39, 0.29) is 0 Å². The van der Waals surface area contributed by atoms with E-state index >= 15 is 0 Å². The lowest BCUT2D eigenvalue weighted by atomic mass is 10.1. The van der Waals surface area contributed by atoms with Gasteiger partial charge in [0.05, 0.1) is 17.2 Å². The molecule has 0 fully saturated rings. The Balaban J connectivity index is 2.02. The van der Waals surface area contributed by atoms with Crippen LogP contribution < -0.4 is 10.5 Å². The fraction of sp³-hybridized carbons (Fsp3) is 0.118. The van der Waals surface area contributed by atoms with E-state index in [4.69, 9.17) is 10.5 Å². The van der Waals surface area contributed by atoms with Crippen LogP contribution in [0.5, 0.6) is 5.75 Å². The van der Waals surface area contributed by atoms with Gasteiger partial charge in [0.2, 0.25) is 0 Å². The summed E-state index contributed by atoms with van der Waals surface area (Å²) >= 11 is 1.51. The summed E-state index contributed by atoms with van der Waals surface area (Å²) in [7, 11) is 0. The van der Waals surface area contributed by atoms with Crippen molar-refractivity contribution < 1.29 is 4.74 Å². The molecular formula is C17H16N2OS. The average molecular weight is 296 g/mol. The summed E-state index contributed by atoms with van der Waals surface area (Å²) in [5.41, 5.74) is 9.02. The Bertz CT molecular complexity index is 720. The van der Waals surface area contributed by atoms with E-state index < -0.39 is 0 Å². The zero-order valence-corrected chi connectivity index (χ0v) is 12.6. The molecule has 2 aromatic carbocycles. The first-order valence-electron chi connectivity index (χ1n) is 6.83. The van der Waals surface area contributed by atoms with Crippen molar-refractivity contribution in [2.24, 2.45) is 0 Å². The molecule has 0 amide bonds. The minimum atomic E-state index is 0.581. The first kappa shape index (κ1) is 13.6. The molecule has 1 aromatic heterocycles. The number of benzene rings is 2. The summed E-state index contributed by atoms with van der Waals surface area (Å²) in [5.74, 6) is 0.866. The van der Waals surface area contributed by atoms with Crippen LogP contribution in [0.3, 0.4) is 0 Å². The smallest absolute Gasteiger partial charge is 0.181 e. The number of hydrogen-bond acceptors (Lipinski definition) is 4. The van der Waals surface area contributed by atoms with Gasteiger partial charge in [0.1, 0.15) is 5.75 Å². The minimum absolute atomic E-state index is 0.581. The second-order valence-electron chi connectivity index (χ2n) is 4.55. The van der Waals surface area contributed by atoms with Crippen molar-refractivity contribution in [3.8, 4) is 27.4 Å². The topological polar surface area (TPSA) is 48.1 Å². The number of aromatic nitrogens is 1. The molecule has 3 nitrogen and oxygen atoms in total. The molecule has 0 bridgehead atoms. The van der Waals surface area contributed by atoms with Crippen LogP contribution in [-0.2, 0) is 0 Å². The Hall–Kier alpha value is -2.33. The molecule has 0 saturated carbocycles. The third kappa shape index (κ3) is 2.90. The number of ether oxygens (including phenoxy) is 1. The van der Waals surface area contributed by atoms with Gasteiger partial charge in [-0.25, -0.2) is 4.98 Å². The molecule has 0 aliphatic heterocycles. The summed E-state index contributed by atoms with van der Waals surface area (Å²) in [5, 5.41) is 0.581. The normalized spacial score (nSPS) is 10.5. The molecule has 0 atom stereocenters. The van der Waals surface area contributed by atoms with E-state index in [1.54, 1.807) is 0 Å². The lowest BCUT2D eigenvalue weighted by Crippen LogP contribution is -1.91. The first-order chi connectivity index (χ1) is 10.3. The zero-order chi connectivity index (χ0) is 14.7. The highest BCUT2D eigenvalue weighted by Gasteiger charge is 2.13. The van der Waals surface area contributed by atoms with Gasteiger partial charge in [0.25, 0.3) is 0 Å². The van der Waals surface area contributed by atoms with Crippen molar-refractivity contribution in [3.63, 3.8) is 0 Å². The number of anilines is 1. The quantitative estimate of drug-likeness (QED) is 0.773. The standard InChI is InChI=1S/C17H16N2OS/c1-2-20-14-10-8-12(9-11-14)15-16(21-17(18)19-15)13-6-4-3-5-7-13/h3-11H,2H2,1H3,(H2,18,19). The van der Waals surface area contributed by atoms with Gasteiger partial charge in [0, 0.05) is 5.56 Å². The average Bonchev–Trinajstić information content (AvgIpc) is 2.91. The van der Waals surface area contributed by atoms with Crippen LogP contribution in [0.15, 0.2) is 54.6 Å². The van der Waals surface area contributed by atoms with Gasteiger partial charge in [-0.1, -0.05) is 41.7 Å². The van der Waals surface area contributed by atoms with E-state index in [2.05, 4.69) is 17.1 Å². The summed E-state index contributed by atoms with van der Waals surface area (Å²) in [6, 6.07) is 18.2. The lowest BCUT2D eigenvalue weighted by Gasteiger charge is -2.05. The fourth-order valence-electron chi connectivity index (χ4n) is 2.19. The molecule has 3 aromatic rings. The number of thiazole rings is 1. The molecule has 0 unspecified atom stereocenters. The van der Waals surface area contributed by atoms with Gasteiger partial charge in [0.15, 0.2) is 5.13 Å². The van der Waals surface area contributed by atoms with Gasteiger partial charge in [-0.2, -0.15) is 0 Å². The molecule has 106 valence electrons. The molecule has 4 heteroatoms. The molecule has 0 spiro atoms. The SMILES string of the molecule is CCOc1ccc(-c2nc(N)sc2-c2ccccc2)cc1. The zero-order valence-electron chi connectivity index (χ0n) is 11.7. The molecule has 0 saturated heterocycles. The number of nitrogens with zero attached hydrogens (tertiary/aromatic N) is 1. The van der Waals surface area contributed by atoms with Crippen LogP contribution in [0.4, 0.5) is 5.13 Å². The van der Waals surface area contributed by atoms with Crippen molar-refractivity contribution in [1.82, 2.24) is 4.98 Å². The Morgan fingerprint density at radius 2 is 1.71 bits per heavy atom. The van der Waals surface area contributed by atoms with Crippen LogP contribution in [0.2, 0.25) is 0 Å². The highest BCUT2D eigenvalue weighted by molar-refractivity contribution is 7.19. The van der Waals surface area contributed by atoms with Gasteiger partial charge >= 0.3 is 0 Å². The van der Waals surface area contributed by atoms with Crippen LogP contribution >= 0.6 is 11.3 Å². The molecule has 2 N–H and O–H groups in total. The van der Waals surface area contributed by atoms with Crippen LogP contribution in [0, 0.1) is 0 Å². The number of nitrogens with two attached hydrogens (primary N) is 1. The van der Waals surface area contributed by atoms with Crippen molar-refractivity contribution >= 4 is 16.5 Å². The van der Waals surface area contributed by atoms with Gasteiger partial charge in [-0.05, 0) is 36.8 Å². The number of rotatable bonds is 4. The predicted molar refractivity (Wildman–Crippen MR) is 88.6 cm³/mol. The number of nitrogen functional groups attached to an aromatic ring is 1. The van der Waals surface area contributed by atoms with Crippen molar-refractivity contribution in [2.45, 2.75) is 6.92 Å². The maximum Gasteiger partial charge on any atom is 0.181 e. The van der Waals surface area contributed by atoms with Gasteiger partial charge < -0.3 is 10.5 Å². The highest BCUT2D eigenvalue weighted by atomic mass is 32.1. The Morgan fingerprint density at radius 1 is 1.00 bits per heavy atom. The maximum absolute atomic E-state index is 5.91. The van der Waals surface area contributed by atoms with Gasteiger partial charge in [-0.3, -0.25) is 0 Å². The predicted octanol–water partition coefficient (Wildman–Crippen LogP) is 4.46. The van der Waals surface area contributed by atoms with Crippen molar-refractivity contribution in [3.05, 3.63) is 54.6 Å². The number of hydrogen-bond donors (Lipinski definition) is 1. The Morgan fingerprint density at radius 3 is 2.38 bits per heavy atom. The summed E-state index contributed by atoms with van der Waals surface area (Å²) < 4.78 is 5.47. The molecule has 3 rings (SSSR count). The Labute approximate surface area is 128 Å². The second kappa shape index (κ2) is 5.97. The fourth-order valence-corrected chi connectivity index (χ4v) is 3.05. The maximum atomic E-state index is 5.91. The van der Waals surface area contributed by atoms with E-state index in [0.717, 1.165) is 27.4 Å². The van der Waals surface area contributed by atoms with E-state index in [9.17, 15) is 0 Å². The van der Waals surface area contributed by atoms with Gasteiger partial charge in [-0.15, -0.1) is 0 Å². The highest BCUT2D eigenvalue weighted by Crippen LogP contribution is 2.38. The Kier molecular flexibility index (Phi) is 3.88. The summed E-state index contributed by atoms with van der Waals surface area (Å²) in [6.07, 6.45) is 0. The third-order valence-corrected chi connectivity index (χ3v) is 4.05. The minimum Gasteiger partial charge on any atom is -0.494 e. The molecule has 0 radical (unpaired) electrons. The van der Waals surface area contributed by atoms with E-state index in [1.807, 2.05) is 49.4 Å². The summed E-state index contributed by atoms with van der Waals surface area (Å²) in [4.78, 5) is 5.58. The van der Waals surface area contributed by atoms with Crippen molar-refractivity contribution in [1.29, 1.82) is 0 Å². The monoisotopic (exact) mass is 296 g/mol.